The number of anilines is 1. The molecule has 0 unspecified atom stereocenters. The molecular weight excluding hydrogens is 388 g/mol. The van der Waals surface area contributed by atoms with Crippen LogP contribution in [-0.4, -0.2) is 64.4 Å². The third kappa shape index (κ3) is 4.10. The highest BCUT2D eigenvalue weighted by atomic mass is 16.5. The molecule has 0 amide bonds. The Bertz CT molecular complexity index is 1090. The number of ether oxygens (including phenoxy) is 3. The van der Waals surface area contributed by atoms with Gasteiger partial charge < -0.3 is 24.9 Å². The molecule has 0 radical (unpaired) electrons. The number of nitrogen functional groups attached to an aromatic ring is 1. The molecule has 1 aliphatic rings. The molecule has 0 bridgehead atoms. The van der Waals surface area contributed by atoms with Crippen molar-refractivity contribution in [1.29, 1.82) is 0 Å². The molecule has 4 rings (SSSR count). The van der Waals surface area contributed by atoms with Crippen LogP contribution in [0, 0.1) is 0 Å². The van der Waals surface area contributed by atoms with Gasteiger partial charge >= 0.3 is 11.7 Å². The summed E-state index contributed by atoms with van der Waals surface area (Å²) < 4.78 is 17.9. The Morgan fingerprint density at radius 2 is 2.03 bits per heavy atom. The van der Waals surface area contributed by atoms with E-state index in [1.54, 1.807) is 7.11 Å². The van der Waals surface area contributed by atoms with Gasteiger partial charge in [-0.25, -0.2) is 4.79 Å². The Hall–Kier alpha value is -3.11. The lowest BCUT2D eigenvalue weighted by molar-refractivity contribution is 0.0339. The molecule has 3 heterocycles. The van der Waals surface area contributed by atoms with E-state index < -0.39 is 0 Å². The fraction of sp³-hybridized carbons (Fsp3) is 0.450. The number of nitrogens with two attached hydrogens (primary N) is 1. The van der Waals surface area contributed by atoms with Crippen LogP contribution in [0.3, 0.4) is 0 Å². The molecule has 10 heteroatoms. The number of aromatic nitrogens is 4. The highest BCUT2D eigenvalue weighted by molar-refractivity contribution is 5.81. The van der Waals surface area contributed by atoms with E-state index in [9.17, 15) is 4.79 Å². The van der Waals surface area contributed by atoms with Gasteiger partial charge in [0.2, 0.25) is 0 Å². The number of methoxy groups -OCH3 is 1. The zero-order chi connectivity index (χ0) is 21.1. The Morgan fingerprint density at radius 3 is 2.77 bits per heavy atom. The first-order valence-electron chi connectivity index (χ1n) is 9.93. The molecule has 3 N–H and O–H groups in total. The molecule has 1 fully saturated rings. The smallest absolute Gasteiger partial charge is 0.328 e. The summed E-state index contributed by atoms with van der Waals surface area (Å²) in [5.41, 5.74) is 8.48. The highest BCUT2D eigenvalue weighted by Gasteiger charge is 2.17. The van der Waals surface area contributed by atoms with Crippen LogP contribution in [0.1, 0.15) is 18.1 Å². The SMILES string of the molecule is CCOc1nc(N)c2[nH]c(=O)n(Cc3ccc(CN4CCOCC4)c(OC)c3)c2n1. The summed E-state index contributed by atoms with van der Waals surface area (Å²) in [6.07, 6.45) is 0. The van der Waals surface area contributed by atoms with Crippen molar-refractivity contribution in [2.45, 2.75) is 20.0 Å². The van der Waals surface area contributed by atoms with Crippen molar-refractivity contribution >= 4 is 17.0 Å². The number of hydrogen-bond acceptors (Lipinski definition) is 8. The predicted octanol–water partition coefficient (Wildman–Crippen LogP) is 0.990. The summed E-state index contributed by atoms with van der Waals surface area (Å²) in [5.74, 6) is 0.966. The van der Waals surface area contributed by atoms with Crippen molar-refractivity contribution in [2.24, 2.45) is 0 Å². The second-order valence-corrected chi connectivity index (χ2v) is 7.07. The van der Waals surface area contributed by atoms with Gasteiger partial charge in [-0.2, -0.15) is 9.97 Å². The largest absolute Gasteiger partial charge is 0.496 e. The molecule has 1 aliphatic heterocycles. The standard InChI is InChI=1S/C20H26N6O4/c1-3-30-19-23-17(21)16-18(24-19)26(20(27)22-16)11-13-4-5-14(15(10-13)28-2)12-25-6-8-29-9-7-25/h4-5,10H,3,6-9,11-12H2,1-2H3,(H,22,27)(H2,21,23,24). The van der Waals surface area contributed by atoms with Crippen molar-refractivity contribution in [1.82, 2.24) is 24.4 Å². The lowest BCUT2D eigenvalue weighted by Crippen LogP contribution is -2.35. The molecule has 1 saturated heterocycles. The molecule has 0 atom stereocenters. The average Bonchev–Trinajstić information content (AvgIpc) is 3.06. The van der Waals surface area contributed by atoms with Gasteiger partial charge in [-0.15, -0.1) is 0 Å². The number of nitrogens with one attached hydrogen (secondary N) is 1. The average molecular weight is 414 g/mol. The van der Waals surface area contributed by atoms with Gasteiger partial charge in [0.15, 0.2) is 11.5 Å². The van der Waals surface area contributed by atoms with E-state index in [0.29, 0.717) is 24.3 Å². The first-order chi connectivity index (χ1) is 14.6. The van der Waals surface area contributed by atoms with Crippen LogP contribution in [0.5, 0.6) is 11.8 Å². The molecule has 0 spiro atoms. The van der Waals surface area contributed by atoms with Crippen LogP contribution in [0.4, 0.5) is 5.82 Å². The van der Waals surface area contributed by atoms with Crippen LogP contribution < -0.4 is 20.9 Å². The first-order valence-corrected chi connectivity index (χ1v) is 9.93. The lowest BCUT2D eigenvalue weighted by Gasteiger charge is -2.27. The second kappa shape index (κ2) is 8.72. The maximum atomic E-state index is 12.5. The van der Waals surface area contributed by atoms with Gasteiger partial charge in [-0.1, -0.05) is 12.1 Å². The van der Waals surface area contributed by atoms with E-state index in [-0.39, 0.29) is 17.5 Å². The molecular formula is C20H26N6O4. The lowest BCUT2D eigenvalue weighted by atomic mass is 10.1. The van der Waals surface area contributed by atoms with E-state index in [0.717, 1.165) is 49.7 Å². The third-order valence-electron chi connectivity index (χ3n) is 5.09. The minimum Gasteiger partial charge on any atom is -0.496 e. The fourth-order valence-corrected chi connectivity index (χ4v) is 3.57. The molecule has 2 aromatic heterocycles. The van der Waals surface area contributed by atoms with Crippen molar-refractivity contribution in [3.63, 3.8) is 0 Å². The maximum absolute atomic E-state index is 12.5. The first kappa shape index (κ1) is 20.2. The molecule has 3 aromatic rings. The Kier molecular flexibility index (Phi) is 5.86. The van der Waals surface area contributed by atoms with Gasteiger partial charge in [0, 0.05) is 25.2 Å². The van der Waals surface area contributed by atoms with Gasteiger partial charge in [-0.05, 0) is 18.6 Å². The number of fused-ring (bicyclic) bond motifs is 1. The molecule has 0 aliphatic carbocycles. The Balaban J connectivity index is 1.63. The summed E-state index contributed by atoms with van der Waals surface area (Å²) >= 11 is 0. The number of benzene rings is 1. The second-order valence-electron chi connectivity index (χ2n) is 7.07. The fourth-order valence-electron chi connectivity index (χ4n) is 3.57. The van der Waals surface area contributed by atoms with Crippen LogP contribution in [-0.2, 0) is 17.8 Å². The summed E-state index contributed by atoms with van der Waals surface area (Å²) in [4.78, 5) is 26.0. The van der Waals surface area contributed by atoms with Gasteiger partial charge in [-0.3, -0.25) is 9.47 Å². The predicted molar refractivity (Wildman–Crippen MR) is 112 cm³/mol. The summed E-state index contributed by atoms with van der Waals surface area (Å²) in [7, 11) is 1.65. The van der Waals surface area contributed by atoms with Crippen LogP contribution in [0.15, 0.2) is 23.0 Å². The number of nitrogens with zero attached hydrogens (tertiary/aromatic N) is 4. The van der Waals surface area contributed by atoms with Crippen molar-refractivity contribution in [3.05, 3.63) is 39.8 Å². The summed E-state index contributed by atoms with van der Waals surface area (Å²) in [6.45, 7) is 6.64. The molecule has 30 heavy (non-hydrogen) atoms. The minimum atomic E-state index is -0.309. The number of hydrogen-bond donors (Lipinski definition) is 2. The van der Waals surface area contributed by atoms with Crippen molar-refractivity contribution in [2.75, 3.05) is 45.8 Å². The Morgan fingerprint density at radius 1 is 1.23 bits per heavy atom. The number of morpholine rings is 1. The number of imidazole rings is 1. The van der Waals surface area contributed by atoms with Gasteiger partial charge in [0.25, 0.3) is 0 Å². The topological polar surface area (TPSA) is 121 Å². The normalized spacial score (nSPS) is 14.9. The van der Waals surface area contributed by atoms with Crippen molar-refractivity contribution in [3.8, 4) is 11.8 Å². The van der Waals surface area contributed by atoms with Crippen LogP contribution >= 0.6 is 0 Å². The van der Waals surface area contributed by atoms with E-state index in [2.05, 4.69) is 19.9 Å². The van der Waals surface area contributed by atoms with Gasteiger partial charge in [0.05, 0.1) is 33.5 Å². The minimum absolute atomic E-state index is 0.147. The Labute approximate surface area is 173 Å². The highest BCUT2D eigenvalue weighted by Crippen LogP contribution is 2.24. The van der Waals surface area contributed by atoms with Crippen LogP contribution in [0.25, 0.3) is 11.2 Å². The van der Waals surface area contributed by atoms with E-state index >= 15 is 0 Å². The number of rotatable bonds is 7. The molecule has 1 aromatic carbocycles. The van der Waals surface area contributed by atoms with E-state index in [1.165, 1.54) is 4.57 Å². The number of aromatic amines is 1. The molecule has 160 valence electrons. The zero-order valence-electron chi connectivity index (χ0n) is 17.2. The van der Waals surface area contributed by atoms with Gasteiger partial charge in [0.1, 0.15) is 11.3 Å². The van der Waals surface area contributed by atoms with Crippen LogP contribution in [0.2, 0.25) is 0 Å². The quantitative estimate of drug-likeness (QED) is 0.587. The van der Waals surface area contributed by atoms with E-state index in [4.69, 9.17) is 19.9 Å². The maximum Gasteiger partial charge on any atom is 0.328 e. The monoisotopic (exact) mass is 414 g/mol. The third-order valence-corrected chi connectivity index (χ3v) is 5.09. The number of H-pyrrole nitrogens is 1. The van der Waals surface area contributed by atoms with Crippen molar-refractivity contribution < 1.29 is 14.2 Å². The molecule has 0 saturated carbocycles. The summed E-state index contributed by atoms with van der Waals surface area (Å²) in [6, 6.07) is 6.14. The molecule has 10 nitrogen and oxygen atoms in total. The summed E-state index contributed by atoms with van der Waals surface area (Å²) in [5, 5.41) is 0. The van der Waals surface area contributed by atoms with E-state index in [1.807, 2.05) is 25.1 Å². The zero-order valence-corrected chi connectivity index (χ0v) is 17.2.